The molecule has 0 bridgehead atoms. The number of nitrogens with two attached hydrogens (primary N) is 2. The number of benzene rings is 1. The van der Waals surface area contributed by atoms with Crippen molar-refractivity contribution in [2.45, 2.75) is 26.1 Å². The molecule has 4 N–H and O–H groups in total. The summed E-state index contributed by atoms with van der Waals surface area (Å²) in [5.41, 5.74) is 10.1. The molecule has 1 aromatic carbocycles. The maximum Gasteiger partial charge on any atom is 0.435 e. The Morgan fingerprint density at radius 1 is 1.24 bits per heavy atom. The van der Waals surface area contributed by atoms with Gasteiger partial charge in [0, 0.05) is 11.3 Å². The molecule has 1 amide bonds. The third-order valence-corrected chi connectivity index (χ3v) is 3.69. The Morgan fingerprint density at radius 3 is 2.38 bits per heavy atom. The molecule has 156 valence electrons. The average molecular weight is 413 g/mol. The molecule has 0 aliphatic rings. The van der Waals surface area contributed by atoms with E-state index in [9.17, 15) is 22.8 Å². The topological polar surface area (TPSA) is 135 Å². The molecule has 9 nitrogen and oxygen atoms in total. The monoisotopic (exact) mass is 413 g/mol. The highest BCUT2D eigenvalue weighted by Gasteiger charge is 2.35. The highest BCUT2D eigenvalue weighted by Crippen LogP contribution is 2.29. The first-order valence-electron chi connectivity index (χ1n) is 8.18. The number of aryl methyl sites for hydroxylation is 1. The molecule has 0 fully saturated rings. The van der Waals surface area contributed by atoms with Crippen molar-refractivity contribution in [2.75, 3.05) is 6.61 Å². The third-order valence-electron chi connectivity index (χ3n) is 3.69. The smallest absolute Gasteiger partial charge is 0.435 e. The summed E-state index contributed by atoms with van der Waals surface area (Å²) in [7, 11) is 0. The van der Waals surface area contributed by atoms with E-state index < -0.39 is 29.8 Å². The fourth-order valence-electron chi connectivity index (χ4n) is 2.22. The maximum atomic E-state index is 12.7. The zero-order chi connectivity index (χ0) is 21.8. The highest BCUT2D eigenvalue weighted by molar-refractivity contribution is 5.97. The number of hydrogen-bond donors (Lipinski definition) is 2. The second-order valence-corrected chi connectivity index (χ2v) is 5.96. The van der Waals surface area contributed by atoms with Gasteiger partial charge in [-0.2, -0.15) is 18.3 Å². The zero-order valence-electron chi connectivity index (χ0n) is 15.4. The van der Waals surface area contributed by atoms with Crippen molar-refractivity contribution >= 4 is 17.7 Å². The Kier molecular flexibility index (Phi) is 6.46. The lowest BCUT2D eigenvalue weighted by molar-refractivity contribution is -0.148. The van der Waals surface area contributed by atoms with Crippen molar-refractivity contribution in [3.63, 3.8) is 0 Å². The first-order valence-corrected chi connectivity index (χ1v) is 8.18. The van der Waals surface area contributed by atoms with E-state index in [0.29, 0.717) is 11.3 Å². The first-order chi connectivity index (χ1) is 13.5. The number of carbonyl (C=O) groups is 2. The summed E-state index contributed by atoms with van der Waals surface area (Å²) in [6, 6.07) is 5.66. The van der Waals surface area contributed by atoms with Crippen LogP contribution < -0.4 is 16.2 Å². The molecule has 12 heteroatoms. The third kappa shape index (κ3) is 5.70. The summed E-state index contributed by atoms with van der Waals surface area (Å²) in [5, 5.41) is 6.89. The summed E-state index contributed by atoms with van der Waals surface area (Å²) >= 11 is 0. The van der Waals surface area contributed by atoms with Crippen LogP contribution in [0.15, 0.2) is 35.5 Å². The van der Waals surface area contributed by atoms with Crippen LogP contribution >= 0.6 is 0 Å². The van der Waals surface area contributed by atoms with Gasteiger partial charge in [-0.05, 0) is 44.2 Å². The first kappa shape index (κ1) is 21.7. The Balaban J connectivity index is 2.04. The molecule has 2 aromatic rings. The van der Waals surface area contributed by atoms with Crippen molar-refractivity contribution in [2.24, 2.45) is 16.6 Å². The Hall–Kier alpha value is -3.57. The molecule has 0 spiro atoms. The molecule has 0 aliphatic heterocycles. The Labute approximate surface area is 163 Å². The predicted molar refractivity (Wildman–Crippen MR) is 94.6 cm³/mol. The average Bonchev–Trinajstić information content (AvgIpc) is 3.06. The summed E-state index contributed by atoms with van der Waals surface area (Å²) < 4.78 is 44.2. The number of halogens is 3. The van der Waals surface area contributed by atoms with Crippen molar-refractivity contribution in [1.82, 2.24) is 9.78 Å². The molecule has 1 atom stereocenters. The minimum absolute atomic E-state index is 0.130. The number of hydrogen-bond acceptors (Lipinski definition) is 6. The normalized spacial score (nSPS) is 13.1. The molecule has 0 aliphatic carbocycles. The summed E-state index contributed by atoms with van der Waals surface area (Å²) in [4.78, 5) is 27.5. The fourth-order valence-corrected chi connectivity index (χ4v) is 2.22. The van der Waals surface area contributed by atoms with E-state index >= 15 is 0 Å². The van der Waals surface area contributed by atoms with Gasteiger partial charge in [-0.3, -0.25) is 9.48 Å². The number of amides is 1. The molecule has 0 radical (unpaired) electrons. The van der Waals surface area contributed by atoms with Gasteiger partial charge in [-0.1, -0.05) is 5.16 Å². The number of nitrogens with zero attached hydrogens (tertiary/aromatic N) is 3. The molecule has 0 saturated carbocycles. The molecular formula is C17H18F3N5O4. The number of oxime groups is 1. The van der Waals surface area contributed by atoms with E-state index in [1.807, 2.05) is 0 Å². The Morgan fingerprint density at radius 2 is 1.86 bits per heavy atom. The van der Waals surface area contributed by atoms with E-state index in [0.717, 1.165) is 10.7 Å². The lowest BCUT2D eigenvalue weighted by atomic mass is 10.2. The highest BCUT2D eigenvalue weighted by atomic mass is 19.4. The van der Waals surface area contributed by atoms with Crippen LogP contribution in [0.5, 0.6) is 5.75 Å². The second kappa shape index (κ2) is 8.63. The van der Waals surface area contributed by atoms with Crippen molar-refractivity contribution in [1.29, 1.82) is 0 Å². The molecule has 2 rings (SSSR count). The summed E-state index contributed by atoms with van der Waals surface area (Å²) in [6.07, 6.45) is -4.63. The van der Waals surface area contributed by atoms with Crippen LogP contribution in [-0.2, 0) is 20.6 Å². The lowest BCUT2D eigenvalue weighted by Gasteiger charge is -2.11. The number of alkyl halides is 3. The maximum absolute atomic E-state index is 12.7. The van der Waals surface area contributed by atoms with Gasteiger partial charge in [-0.15, -0.1) is 0 Å². The molecule has 1 unspecified atom stereocenters. The molecule has 29 heavy (non-hydrogen) atoms. The largest absolute Gasteiger partial charge is 0.484 e. The van der Waals surface area contributed by atoms with Crippen molar-refractivity contribution in [3.05, 3.63) is 47.3 Å². The van der Waals surface area contributed by atoms with E-state index in [1.165, 1.54) is 38.1 Å². The van der Waals surface area contributed by atoms with Crippen LogP contribution in [0.1, 0.15) is 29.9 Å². The van der Waals surface area contributed by atoms with Gasteiger partial charge >= 0.3 is 12.1 Å². The van der Waals surface area contributed by atoms with Crippen molar-refractivity contribution < 1.29 is 32.3 Å². The quantitative estimate of drug-likeness (QED) is 0.306. The van der Waals surface area contributed by atoms with E-state index in [-0.39, 0.29) is 18.1 Å². The minimum atomic E-state index is -4.63. The SMILES string of the molecule is Cc1cc(C(F)(F)F)nn1C(C)C(=O)O/N=C(\N)c1ccc(OCC(N)=O)cc1. The van der Waals surface area contributed by atoms with Gasteiger partial charge in [0.15, 0.2) is 18.1 Å². The molecule has 1 aromatic heterocycles. The van der Waals surface area contributed by atoms with Gasteiger partial charge in [0.25, 0.3) is 5.91 Å². The van der Waals surface area contributed by atoms with Crippen LogP contribution in [0, 0.1) is 6.92 Å². The van der Waals surface area contributed by atoms with E-state index in [4.69, 9.17) is 21.0 Å². The minimum Gasteiger partial charge on any atom is -0.484 e. The van der Waals surface area contributed by atoms with Crippen molar-refractivity contribution in [3.8, 4) is 5.75 Å². The van der Waals surface area contributed by atoms with E-state index in [1.54, 1.807) is 0 Å². The second-order valence-electron chi connectivity index (χ2n) is 5.96. The van der Waals surface area contributed by atoms with Crippen LogP contribution in [0.2, 0.25) is 0 Å². The number of ether oxygens (including phenoxy) is 1. The van der Waals surface area contributed by atoms with Crippen LogP contribution in [-0.4, -0.2) is 34.1 Å². The Bertz CT molecular complexity index is 922. The van der Waals surface area contributed by atoms with Gasteiger partial charge in [0.05, 0.1) is 0 Å². The molecule has 1 heterocycles. The van der Waals surface area contributed by atoms with Gasteiger partial charge in [0.2, 0.25) is 0 Å². The molecule has 0 saturated heterocycles. The summed E-state index contributed by atoms with van der Waals surface area (Å²) in [6.45, 7) is 2.41. The van der Waals surface area contributed by atoms with Crippen LogP contribution in [0.25, 0.3) is 0 Å². The van der Waals surface area contributed by atoms with E-state index in [2.05, 4.69) is 10.3 Å². The number of amidine groups is 1. The summed E-state index contributed by atoms with van der Waals surface area (Å²) in [5.74, 6) is -1.37. The van der Waals surface area contributed by atoms with Crippen LogP contribution in [0.3, 0.4) is 0 Å². The number of primary amides is 1. The number of rotatable bonds is 7. The zero-order valence-corrected chi connectivity index (χ0v) is 15.4. The predicted octanol–water partition coefficient (Wildman–Crippen LogP) is 1.50. The lowest BCUT2D eigenvalue weighted by Crippen LogP contribution is -2.22. The van der Waals surface area contributed by atoms with Gasteiger partial charge in [-0.25, -0.2) is 4.79 Å². The van der Waals surface area contributed by atoms with Gasteiger partial charge < -0.3 is 21.0 Å². The fraction of sp³-hybridized carbons (Fsp3) is 0.294. The molecular weight excluding hydrogens is 395 g/mol. The number of aromatic nitrogens is 2. The standard InChI is InChI=1S/C17H18F3N5O4/c1-9-7-13(17(18,19)20)23-25(9)10(2)16(27)29-24-15(22)11-3-5-12(6-4-11)28-8-14(21)26/h3-7,10H,8H2,1-2H3,(H2,21,26)(H2,22,24). The number of carbonyl (C=O) groups excluding carboxylic acids is 2. The van der Waals surface area contributed by atoms with Gasteiger partial charge in [0.1, 0.15) is 11.8 Å². The van der Waals surface area contributed by atoms with Crippen LogP contribution in [0.4, 0.5) is 13.2 Å².